The van der Waals surface area contributed by atoms with E-state index in [1.165, 1.54) is 12.1 Å². The molecule has 0 atom stereocenters. The summed E-state index contributed by atoms with van der Waals surface area (Å²) in [6, 6.07) is 9.22. The van der Waals surface area contributed by atoms with Gasteiger partial charge in [0.2, 0.25) is 5.82 Å². The number of aromatic nitrogens is 5. The van der Waals surface area contributed by atoms with Crippen molar-refractivity contribution >= 4 is 5.82 Å². The first kappa shape index (κ1) is 16.7. The number of benzene rings is 1. The zero-order valence-corrected chi connectivity index (χ0v) is 14.3. The van der Waals surface area contributed by atoms with Gasteiger partial charge in [-0.2, -0.15) is 10.1 Å². The molecule has 27 heavy (non-hydrogen) atoms. The maximum absolute atomic E-state index is 13.0. The summed E-state index contributed by atoms with van der Waals surface area (Å²) in [7, 11) is 1.79. The second-order valence-corrected chi connectivity index (χ2v) is 5.77. The standard InChI is InChI=1S/C18H15FN6O2/c1-25-15(10-26-13-5-3-12(19)4-6-13)14(9-22-25)18-23-17(24-27-18)11-2-7-16(20)21-8-11/h2-9H,10H2,1H3,(H2,20,21). The Balaban J connectivity index is 1.58. The molecule has 3 heterocycles. The van der Waals surface area contributed by atoms with Crippen LogP contribution >= 0.6 is 0 Å². The van der Waals surface area contributed by atoms with Gasteiger partial charge >= 0.3 is 0 Å². The Morgan fingerprint density at radius 3 is 2.70 bits per heavy atom. The van der Waals surface area contributed by atoms with Gasteiger partial charge in [-0.3, -0.25) is 4.68 Å². The fourth-order valence-electron chi connectivity index (χ4n) is 2.48. The van der Waals surface area contributed by atoms with Gasteiger partial charge in [-0.15, -0.1) is 0 Å². The monoisotopic (exact) mass is 366 g/mol. The number of aryl methyl sites for hydroxylation is 1. The van der Waals surface area contributed by atoms with Gasteiger partial charge in [0.05, 0.1) is 17.5 Å². The number of anilines is 1. The molecule has 4 rings (SSSR count). The lowest BCUT2D eigenvalue weighted by atomic mass is 10.2. The van der Waals surface area contributed by atoms with Crippen molar-refractivity contribution in [1.29, 1.82) is 0 Å². The molecule has 0 radical (unpaired) electrons. The molecule has 0 unspecified atom stereocenters. The van der Waals surface area contributed by atoms with Gasteiger partial charge in [0.25, 0.3) is 5.89 Å². The largest absolute Gasteiger partial charge is 0.487 e. The van der Waals surface area contributed by atoms with Crippen molar-refractivity contribution in [1.82, 2.24) is 24.9 Å². The summed E-state index contributed by atoms with van der Waals surface area (Å²) in [5.74, 6) is 1.34. The van der Waals surface area contributed by atoms with Gasteiger partial charge in [0.15, 0.2) is 0 Å². The van der Waals surface area contributed by atoms with E-state index in [1.807, 2.05) is 0 Å². The average Bonchev–Trinajstić information content (AvgIpc) is 3.29. The Bertz CT molecular complexity index is 1060. The van der Waals surface area contributed by atoms with Crippen molar-refractivity contribution in [3.63, 3.8) is 0 Å². The minimum Gasteiger partial charge on any atom is -0.487 e. The number of nitrogen functional groups attached to an aromatic ring is 1. The predicted molar refractivity (Wildman–Crippen MR) is 94.9 cm³/mol. The molecule has 4 aromatic rings. The Labute approximate surface area is 153 Å². The SMILES string of the molecule is Cn1ncc(-c2nc(-c3ccc(N)nc3)no2)c1COc1ccc(F)cc1. The topological polar surface area (TPSA) is 105 Å². The molecule has 136 valence electrons. The van der Waals surface area contributed by atoms with E-state index in [2.05, 4.69) is 20.2 Å². The molecule has 8 nitrogen and oxygen atoms in total. The molecule has 0 spiro atoms. The van der Waals surface area contributed by atoms with E-state index in [9.17, 15) is 4.39 Å². The van der Waals surface area contributed by atoms with E-state index < -0.39 is 0 Å². The first-order chi connectivity index (χ1) is 13.1. The Morgan fingerprint density at radius 2 is 1.96 bits per heavy atom. The van der Waals surface area contributed by atoms with Crippen LogP contribution in [0.5, 0.6) is 5.75 Å². The van der Waals surface area contributed by atoms with E-state index in [0.29, 0.717) is 34.4 Å². The van der Waals surface area contributed by atoms with Crippen molar-refractivity contribution < 1.29 is 13.7 Å². The maximum atomic E-state index is 13.0. The third kappa shape index (κ3) is 3.47. The number of ether oxygens (including phenoxy) is 1. The Morgan fingerprint density at radius 1 is 1.15 bits per heavy atom. The molecular weight excluding hydrogens is 351 g/mol. The number of hydrogen-bond donors (Lipinski definition) is 1. The van der Waals surface area contributed by atoms with E-state index in [1.54, 1.807) is 48.4 Å². The molecular formula is C18H15FN6O2. The van der Waals surface area contributed by atoms with Crippen LogP contribution in [-0.2, 0) is 13.7 Å². The molecule has 0 saturated heterocycles. The molecule has 1 aromatic carbocycles. The quantitative estimate of drug-likeness (QED) is 0.579. The third-order valence-corrected chi connectivity index (χ3v) is 3.95. The number of nitrogens with zero attached hydrogens (tertiary/aromatic N) is 5. The third-order valence-electron chi connectivity index (χ3n) is 3.95. The number of rotatable bonds is 5. The van der Waals surface area contributed by atoms with Crippen LogP contribution in [0.1, 0.15) is 5.69 Å². The molecule has 2 N–H and O–H groups in total. The molecule has 3 aromatic heterocycles. The molecule has 0 bridgehead atoms. The first-order valence-corrected chi connectivity index (χ1v) is 8.05. The molecule has 0 aliphatic rings. The van der Waals surface area contributed by atoms with Crippen LogP contribution in [0, 0.1) is 5.82 Å². The van der Waals surface area contributed by atoms with Gasteiger partial charge in [-0.1, -0.05) is 5.16 Å². The summed E-state index contributed by atoms with van der Waals surface area (Å²) < 4.78 is 25.8. The summed E-state index contributed by atoms with van der Waals surface area (Å²) in [5.41, 5.74) is 7.67. The minimum absolute atomic E-state index is 0.207. The molecule has 9 heteroatoms. The molecule has 0 amide bonds. The summed E-state index contributed by atoms with van der Waals surface area (Å²) in [5, 5.41) is 8.22. The highest BCUT2D eigenvalue weighted by molar-refractivity contribution is 5.61. The average molecular weight is 366 g/mol. The van der Waals surface area contributed by atoms with E-state index >= 15 is 0 Å². The van der Waals surface area contributed by atoms with E-state index in [0.717, 1.165) is 5.69 Å². The highest BCUT2D eigenvalue weighted by atomic mass is 19.1. The summed E-state index contributed by atoms with van der Waals surface area (Å²) >= 11 is 0. The summed E-state index contributed by atoms with van der Waals surface area (Å²) in [6.45, 7) is 0.207. The van der Waals surface area contributed by atoms with Crippen molar-refractivity contribution in [2.45, 2.75) is 6.61 Å². The predicted octanol–water partition coefficient (Wildman–Crippen LogP) is 2.83. The minimum atomic E-state index is -0.320. The van der Waals surface area contributed by atoms with Crippen molar-refractivity contribution in [3.8, 4) is 28.6 Å². The highest BCUT2D eigenvalue weighted by Crippen LogP contribution is 2.26. The van der Waals surface area contributed by atoms with Gasteiger partial charge in [-0.05, 0) is 36.4 Å². The lowest BCUT2D eigenvalue weighted by Gasteiger charge is -2.07. The van der Waals surface area contributed by atoms with Crippen LogP contribution in [-0.4, -0.2) is 24.9 Å². The second-order valence-electron chi connectivity index (χ2n) is 5.77. The van der Waals surface area contributed by atoms with Crippen molar-refractivity contribution in [2.24, 2.45) is 7.05 Å². The normalized spacial score (nSPS) is 10.9. The van der Waals surface area contributed by atoms with Crippen molar-refractivity contribution in [3.05, 3.63) is 60.3 Å². The fourth-order valence-corrected chi connectivity index (χ4v) is 2.48. The van der Waals surface area contributed by atoms with E-state index in [-0.39, 0.29) is 12.4 Å². The molecule has 0 saturated carbocycles. The fraction of sp³-hybridized carbons (Fsp3) is 0.111. The molecule has 0 aliphatic carbocycles. The second kappa shape index (κ2) is 6.87. The van der Waals surface area contributed by atoms with Gasteiger partial charge < -0.3 is 15.0 Å². The van der Waals surface area contributed by atoms with Crippen LogP contribution < -0.4 is 10.5 Å². The molecule has 0 fully saturated rings. The zero-order chi connectivity index (χ0) is 18.8. The number of halogens is 1. The number of pyridine rings is 1. The van der Waals surface area contributed by atoms with Crippen LogP contribution in [0.25, 0.3) is 22.8 Å². The molecule has 0 aliphatic heterocycles. The Kier molecular flexibility index (Phi) is 4.25. The highest BCUT2D eigenvalue weighted by Gasteiger charge is 2.18. The van der Waals surface area contributed by atoms with Crippen LogP contribution in [0.4, 0.5) is 10.2 Å². The first-order valence-electron chi connectivity index (χ1n) is 8.05. The van der Waals surface area contributed by atoms with Gasteiger partial charge in [0.1, 0.15) is 24.0 Å². The number of hydrogen-bond acceptors (Lipinski definition) is 7. The number of nitrogens with two attached hydrogens (primary N) is 1. The smallest absolute Gasteiger partial charge is 0.261 e. The Hall–Kier alpha value is -3.75. The van der Waals surface area contributed by atoms with Crippen molar-refractivity contribution in [2.75, 3.05) is 5.73 Å². The zero-order valence-electron chi connectivity index (χ0n) is 14.3. The lowest BCUT2D eigenvalue weighted by Crippen LogP contribution is -2.04. The van der Waals surface area contributed by atoms with Crippen LogP contribution in [0.15, 0.2) is 53.3 Å². The maximum Gasteiger partial charge on any atom is 0.261 e. The lowest BCUT2D eigenvalue weighted by molar-refractivity contribution is 0.294. The van der Waals surface area contributed by atoms with Gasteiger partial charge in [-0.25, -0.2) is 9.37 Å². The van der Waals surface area contributed by atoms with E-state index in [4.69, 9.17) is 15.0 Å². The summed E-state index contributed by atoms with van der Waals surface area (Å²) in [6.07, 6.45) is 3.20. The van der Waals surface area contributed by atoms with Crippen LogP contribution in [0.3, 0.4) is 0 Å². The van der Waals surface area contributed by atoms with Crippen LogP contribution in [0.2, 0.25) is 0 Å². The van der Waals surface area contributed by atoms with Gasteiger partial charge in [0, 0.05) is 18.8 Å². The summed E-state index contributed by atoms with van der Waals surface area (Å²) in [4.78, 5) is 8.43.